The van der Waals surface area contributed by atoms with Gasteiger partial charge in [-0.2, -0.15) is 36.5 Å². The van der Waals surface area contributed by atoms with E-state index < -0.39 is 23.3 Å². The van der Waals surface area contributed by atoms with Crippen molar-refractivity contribution in [2.45, 2.75) is 75.6 Å². The normalized spacial score (nSPS) is 24.5. The number of nitrogens with one attached hydrogen (secondary N) is 3. The number of hydrogen-bond acceptors (Lipinski definition) is 10. The molecule has 0 aliphatic carbocycles. The number of hydrogen-bond donors (Lipinski definition) is 3. The molecular weight excluding hydrogens is 853 g/mol. The van der Waals surface area contributed by atoms with Crippen LogP contribution in [0.25, 0.3) is 11.0 Å². The molecule has 4 atom stereocenters. The topological polar surface area (TPSA) is 160 Å². The standard InChI is InChI=1S/C17H22F3N5O2.C15H21N5O2.C2H2F3I/c1-10-7-24(9-17(18,19)20)8-12(10)14-22-16(26)13-6-21-15(25(13)23-14)11-2-4-27-5-3-11;1-9-6-16-7-11(9)13-18-15(21)12-8-17-14(20(12)19-13)10-2-4-22-5-3-10;3-2(4,5)1-6/h6,10-12H,2-5,7-9H2,1H3,(H,22,23,26);8-11,16H,2-7H2,1H3,(H,18,19,21);1H2. The molecule has 3 N–H and O–H groups in total. The lowest BCUT2D eigenvalue weighted by atomic mass is 9.97. The van der Waals surface area contributed by atoms with Crippen LogP contribution in [0.2, 0.25) is 0 Å². The van der Waals surface area contributed by atoms with E-state index in [-0.39, 0.29) is 41.3 Å². The van der Waals surface area contributed by atoms with Crippen molar-refractivity contribution < 1.29 is 35.8 Å². The van der Waals surface area contributed by atoms with Crippen LogP contribution in [0, 0.1) is 11.8 Å². The Balaban J connectivity index is 0.000000166. The second-order valence-corrected chi connectivity index (χ2v) is 15.4. The Bertz CT molecular complexity index is 2000. The number of aromatic nitrogens is 8. The van der Waals surface area contributed by atoms with E-state index in [9.17, 15) is 35.9 Å². The summed E-state index contributed by atoms with van der Waals surface area (Å²) in [6, 6.07) is 0. The van der Waals surface area contributed by atoms with Crippen LogP contribution in [0.15, 0.2) is 22.0 Å². The van der Waals surface area contributed by atoms with Gasteiger partial charge in [0.25, 0.3) is 11.1 Å². The molecule has 4 aliphatic heterocycles. The van der Waals surface area contributed by atoms with Crippen LogP contribution in [-0.2, 0) is 9.47 Å². The second kappa shape index (κ2) is 17.6. The van der Waals surface area contributed by atoms with Gasteiger partial charge in [0.1, 0.15) is 23.3 Å². The highest BCUT2D eigenvalue weighted by Gasteiger charge is 2.39. The highest BCUT2D eigenvalue weighted by molar-refractivity contribution is 14.1. The zero-order valence-electron chi connectivity index (χ0n) is 30.4. The molecule has 55 heavy (non-hydrogen) atoms. The first-order valence-corrected chi connectivity index (χ1v) is 19.9. The first kappa shape index (κ1) is 41.5. The van der Waals surface area contributed by atoms with E-state index in [1.807, 2.05) is 6.92 Å². The molecule has 4 fully saturated rings. The Kier molecular flexibility index (Phi) is 13.2. The van der Waals surface area contributed by atoms with Gasteiger partial charge in [0.05, 0.1) is 23.4 Å². The van der Waals surface area contributed by atoms with E-state index in [1.54, 1.807) is 15.2 Å². The minimum absolute atomic E-state index is 0.0389. The average molecular weight is 899 g/mol. The Hall–Kier alpha value is -3.15. The molecule has 0 aromatic carbocycles. The van der Waals surface area contributed by atoms with Crippen molar-refractivity contribution in [1.29, 1.82) is 0 Å². The molecule has 8 heterocycles. The summed E-state index contributed by atoms with van der Waals surface area (Å²) < 4.78 is 83.9. The van der Waals surface area contributed by atoms with Crippen LogP contribution in [0.3, 0.4) is 0 Å². The van der Waals surface area contributed by atoms with Crippen LogP contribution < -0.4 is 16.4 Å². The molecule has 4 saturated heterocycles. The van der Waals surface area contributed by atoms with Crippen molar-refractivity contribution in [2.24, 2.45) is 11.8 Å². The van der Waals surface area contributed by atoms with Gasteiger partial charge in [0.2, 0.25) is 0 Å². The lowest BCUT2D eigenvalue weighted by Crippen LogP contribution is -2.32. The fourth-order valence-corrected chi connectivity index (χ4v) is 7.65. The zero-order valence-corrected chi connectivity index (χ0v) is 32.6. The van der Waals surface area contributed by atoms with Crippen LogP contribution in [-0.4, -0.2) is 120 Å². The van der Waals surface area contributed by atoms with Crippen molar-refractivity contribution in [3.8, 4) is 0 Å². The molecule has 0 spiro atoms. The molecule has 0 bridgehead atoms. The van der Waals surface area contributed by atoms with Gasteiger partial charge in [-0.3, -0.25) is 14.5 Å². The Morgan fingerprint density at radius 1 is 0.727 bits per heavy atom. The Morgan fingerprint density at radius 2 is 1.20 bits per heavy atom. The lowest BCUT2D eigenvalue weighted by Gasteiger charge is -2.21. The van der Waals surface area contributed by atoms with Gasteiger partial charge in [0.15, 0.2) is 11.0 Å². The number of likely N-dealkylation sites (tertiary alicyclic amines) is 1. The SMILES string of the molecule is CC1CN(CC(F)(F)F)CC1c1nn2c(C3CCOCC3)ncc2c(=O)[nH]1.CC1CNCC1c1nn2c(C3CCOCC3)ncc2c(=O)[nH]1.FC(F)(F)CI. The van der Waals surface area contributed by atoms with Crippen LogP contribution in [0.5, 0.6) is 0 Å². The predicted molar refractivity (Wildman–Crippen MR) is 197 cm³/mol. The second-order valence-electron chi connectivity index (χ2n) is 14.7. The zero-order chi connectivity index (χ0) is 39.5. The van der Waals surface area contributed by atoms with Crippen LogP contribution in [0.1, 0.15) is 86.5 Å². The summed E-state index contributed by atoms with van der Waals surface area (Å²) in [5.74, 6) is 3.71. The number of aromatic amines is 2. The monoisotopic (exact) mass is 898 g/mol. The van der Waals surface area contributed by atoms with Gasteiger partial charge in [-0.1, -0.05) is 36.4 Å². The van der Waals surface area contributed by atoms with E-state index in [1.165, 1.54) is 33.7 Å². The maximum absolute atomic E-state index is 12.7. The molecule has 0 saturated carbocycles. The van der Waals surface area contributed by atoms with Crippen LogP contribution >= 0.6 is 22.6 Å². The number of ether oxygens (including phenoxy) is 2. The smallest absolute Gasteiger partial charge is 0.381 e. The third-order valence-corrected chi connectivity index (χ3v) is 11.4. The Morgan fingerprint density at radius 3 is 1.62 bits per heavy atom. The highest BCUT2D eigenvalue weighted by atomic mass is 127. The van der Waals surface area contributed by atoms with Crippen molar-refractivity contribution in [3.63, 3.8) is 0 Å². The maximum atomic E-state index is 12.7. The largest absolute Gasteiger partial charge is 0.401 e. The van der Waals surface area contributed by atoms with Gasteiger partial charge < -0.3 is 24.8 Å². The van der Waals surface area contributed by atoms with Crippen molar-refractivity contribution >= 4 is 33.6 Å². The summed E-state index contributed by atoms with van der Waals surface area (Å²) in [4.78, 5) is 40.8. The third kappa shape index (κ3) is 10.2. The van der Waals surface area contributed by atoms with E-state index in [2.05, 4.69) is 37.3 Å². The summed E-state index contributed by atoms with van der Waals surface area (Å²) >= 11 is 1.27. The fraction of sp³-hybridized carbons (Fsp3) is 0.706. The third-order valence-electron chi connectivity index (χ3n) is 10.5. The van der Waals surface area contributed by atoms with Crippen molar-refractivity contribution in [3.05, 3.63) is 56.4 Å². The molecule has 0 amide bonds. The Labute approximate surface area is 325 Å². The molecule has 4 aromatic rings. The van der Waals surface area contributed by atoms with Gasteiger partial charge in [0, 0.05) is 69.7 Å². The lowest BCUT2D eigenvalue weighted by molar-refractivity contribution is -0.143. The molecule has 4 unspecified atom stereocenters. The first-order valence-electron chi connectivity index (χ1n) is 18.4. The molecule has 0 radical (unpaired) electrons. The number of H-pyrrole nitrogens is 2. The highest BCUT2D eigenvalue weighted by Crippen LogP contribution is 2.33. The number of fused-ring (bicyclic) bond motifs is 2. The summed E-state index contributed by atoms with van der Waals surface area (Å²) in [5, 5.41) is 12.7. The predicted octanol–water partition coefficient (Wildman–Crippen LogP) is 4.53. The van der Waals surface area contributed by atoms with E-state index in [0.29, 0.717) is 48.5 Å². The van der Waals surface area contributed by atoms with Gasteiger partial charge in [-0.05, 0) is 44.1 Å². The number of halogens is 7. The molecule has 4 aromatic heterocycles. The number of alkyl halides is 7. The average Bonchev–Trinajstić information content (AvgIpc) is 3.95. The van der Waals surface area contributed by atoms with E-state index in [4.69, 9.17) is 14.6 Å². The van der Waals surface area contributed by atoms with E-state index >= 15 is 0 Å². The first-order chi connectivity index (χ1) is 26.1. The van der Waals surface area contributed by atoms with Gasteiger partial charge in [-0.25, -0.2) is 19.0 Å². The quantitative estimate of drug-likeness (QED) is 0.148. The molecule has 8 rings (SSSR count). The minimum atomic E-state index is -4.24. The molecule has 304 valence electrons. The number of nitrogens with zero attached hydrogens (tertiary/aromatic N) is 7. The van der Waals surface area contributed by atoms with Gasteiger partial charge in [-0.15, -0.1) is 0 Å². The fourth-order valence-electron chi connectivity index (χ4n) is 7.65. The number of rotatable bonds is 5. The molecule has 14 nitrogen and oxygen atoms in total. The van der Waals surface area contributed by atoms with Gasteiger partial charge >= 0.3 is 12.4 Å². The van der Waals surface area contributed by atoms with Crippen molar-refractivity contribution in [1.82, 2.24) is 49.4 Å². The number of imidazole rings is 2. The van der Waals surface area contributed by atoms with Crippen molar-refractivity contribution in [2.75, 3.05) is 63.6 Å². The molecule has 4 aliphatic rings. The summed E-state index contributed by atoms with van der Waals surface area (Å²) in [5.41, 5.74) is 0.476. The molecule has 21 heteroatoms. The van der Waals surface area contributed by atoms with Crippen LogP contribution in [0.4, 0.5) is 26.3 Å². The summed E-state index contributed by atoms with van der Waals surface area (Å²) in [6.45, 7) is 8.26. The maximum Gasteiger partial charge on any atom is 0.401 e. The summed E-state index contributed by atoms with van der Waals surface area (Å²) in [6.07, 6.45) is -1.58. The minimum Gasteiger partial charge on any atom is -0.381 e. The summed E-state index contributed by atoms with van der Waals surface area (Å²) in [7, 11) is 0. The molecular formula is C34H45F6IN10O4. The van der Waals surface area contributed by atoms with E-state index in [0.717, 1.165) is 69.5 Å².